The summed E-state index contributed by atoms with van der Waals surface area (Å²) in [5.41, 5.74) is -0.347. The van der Waals surface area contributed by atoms with Gasteiger partial charge < -0.3 is 15.7 Å². The van der Waals surface area contributed by atoms with Gasteiger partial charge in [0.15, 0.2) is 0 Å². The SMILES string of the molecule is CC(=O)NC(CC(=O)NC(C)C(C)CO)c1c(F)cccc1F. The quantitative estimate of drug-likeness (QED) is 0.712. The third kappa shape index (κ3) is 5.59. The molecule has 1 aromatic rings. The fraction of sp³-hybridized carbons (Fsp3) is 0.500. The Morgan fingerprint density at radius 1 is 1.17 bits per heavy atom. The van der Waals surface area contributed by atoms with Crippen molar-refractivity contribution < 1.29 is 23.5 Å². The molecule has 0 aliphatic rings. The molecule has 3 N–H and O–H groups in total. The first kappa shape index (κ1) is 19.0. The molecule has 0 saturated carbocycles. The summed E-state index contributed by atoms with van der Waals surface area (Å²) in [4.78, 5) is 23.4. The number of amides is 2. The minimum Gasteiger partial charge on any atom is -0.396 e. The molecule has 0 heterocycles. The van der Waals surface area contributed by atoms with Gasteiger partial charge in [0.25, 0.3) is 0 Å². The van der Waals surface area contributed by atoms with E-state index in [1.165, 1.54) is 13.0 Å². The van der Waals surface area contributed by atoms with Crippen molar-refractivity contribution in [3.63, 3.8) is 0 Å². The summed E-state index contributed by atoms with van der Waals surface area (Å²) in [6.45, 7) is 4.58. The van der Waals surface area contributed by atoms with Crippen LogP contribution in [-0.4, -0.2) is 29.6 Å². The molecule has 0 spiro atoms. The van der Waals surface area contributed by atoms with Gasteiger partial charge in [-0.2, -0.15) is 0 Å². The van der Waals surface area contributed by atoms with Gasteiger partial charge in [-0.05, 0) is 25.0 Å². The number of hydrogen-bond donors (Lipinski definition) is 3. The molecule has 0 aromatic heterocycles. The van der Waals surface area contributed by atoms with Crippen LogP contribution in [0, 0.1) is 17.6 Å². The Hall–Kier alpha value is -2.02. The molecule has 3 unspecified atom stereocenters. The normalized spacial score (nSPS) is 14.7. The van der Waals surface area contributed by atoms with E-state index >= 15 is 0 Å². The molecule has 0 radical (unpaired) electrons. The Morgan fingerprint density at radius 3 is 2.22 bits per heavy atom. The van der Waals surface area contributed by atoms with E-state index in [2.05, 4.69) is 10.6 Å². The van der Waals surface area contributed by atoms with Gasteiger partial charge in [0.05, 0.1) is 12.5 Å². The third-order valence-corrected chi connectivity index (χ3v) is 3.65. The van der Waals surface area contributed by atoms with Crippen molar-refractivity contribution in [1.82, 2.24) is 10.6 Å². The highest BCUT2D eigenvalue weighted by molar-refractivity contribution is 5.79. The Bertz CT molecular complexity index is 546. The number of benzene rings is 1. The van der Waals surface area contributed by atoms with Crippen LogP contribution < -0.4 is 10.6 Å². The number of rotatable bonds is 7. The van der Waals surface area contributed by atoms with Crippen molar-refractivity contribution in [2.24, 2.45) is 5.92 Å². The minimum atomic E-state index is -1.11. The van der Waals surface area contributed by atoms with E-state index < -0.39 is 29.5 Å². The highest BCUT2D eigenvalue weighted by atomic mass is 19.1. The molecular weight excluding hydrogens is 306 g/mol. The number of aliphatic hydroxyl groups excluding tert-OH is 1. The number of carbonyl (C=O) groups is 2. The van der Waals surface area contributed by atoms with E-state index in [0.29, 0.717) is 0 Å². The molecule has 128 valence electrons. The summed E-state index contributed by atoms with van der Waals surface area (Å²) < 4.78 is 27.8. The molecule has 1 rings (SSSR count). The van der Waals surface area contributed by atoms with Gasteiger partial charge >= 0.3 is 0 Å². The van der Waals surface area contributed by atoms with Crippen molar-refractivity contribution in [3.8, 4) is 0 Å². The molecule has 0 aliphatic carbocycles. The van der Waals surface area contributed by atoms with Gasteiger partial charge in [-0.3, -0.25) is 9.59 Å². The van der Waals surface area contributed by atoms with Gasteiger partial charge in [0.1, 0.15) is 11.6 Å². The predicted molar refractivity (Wildman–Crippen MR) is 81.4 cm³/mol. The van der Waals surface area contributed by atoms with Gasteiger partial charge in [0.2, 0.25) is 11.8 Å². The minimum absolute atomic E-state index is 0.0987. The van der Waals surface area contributed by atoms with E-state index in [1.54, 1.807) is 13.8 Å². The molecule has 5 nitrogen and oxygen atoms in total. The second-order valence-corrected chi connectivity index (χ2v) is 5.61. The van der Waals surface area contributed by atoms with E-state index in [9.17, 15) is 18.4 Å². The van der Waals surface area contributed by atoms with E-state index in [1.807, 2.05) is 0 Å². The Kier molecular flexibility index (Phi) is 7.09. The molecule has 0 saturated heterocycles. The van der Waals surface area contributed by atoms with Crippen molar-refractivity contribution in [2.45, 2.75) is 39.3 Å². The molecule has 1 aromatic carbocycles. The zero-order valence-corrected chi connectivity index (χ0v) is 13.4. The second-order valence-electron chi connectivity index (χ2n) is 5.61. The number of aliphatic hydroxyl groups is 1. The van der Waals surface area contributed by atoms with E-state index in [4.69, 9.17) is 5.11 Å². The van der Waals surface area contributed by atoms with Crippen molar-refractivity contribution in [1.29, 1.82) is 0 Å². The third-order valence-electron chi connectivity index (χ3n) is 3.65. The first-order chi connectivity index (χ1) is 10.8. The molecular formula is C16H22F2N2O3. The maximum atomic E-state index is 13.9. The fourth-order valence-electron chi connectivity index (χ4n) is 2.11. The van der Waals surface area contributed by atoms with Crippen molar-refractivity contribution in [2.75, 3.05) is 6.61 Å². The zero-order chi connectivity index (χ0) is 17.6. The second kappa shape index (κ2) is 8.57. The van der Waals surface area contributed by atoms with Crippen molar-refractivity contribution in [3.05, 3.63) is 35.4 Å². The van der Waals surface area contributed by atoms with E-state index in [-0.39, 0.29) is 30.6 Å². The highest BCUT2D eigenvalue weighted by Gasteiger charge is 2.25. The molecule has 3 atom stereocenters. The summed E-state index contributed by atoms with van der Waals surface area (Å²) in [6, 6.07) is 1.94. The molecule has 2 amide bonds. The standard InChI is InChI=1S/C16H22F2N2O3/c1-9(8-21)10(2)19-15(23)7-14(20-11(3)22)16-12(17)5-4-6-13(16)18/h4-6,9-10,14,21H,7-8H2,1-3H3,(H,19,23)(H,20,22). The molecule has 0 bridgehead atoms. The van der Waals surface area contributed by atoms with Gasteiger partial charge in [-0.1, -0.05) is 13.0 Å². The van der Waals surface area contributed by atoms with Crippen LogP contribution in [0.3, 0.4) is 0 Å². The van der Waals surface area contributed by atoms with Crippen LogP contribution in [0.1, 0.15) is 38.8 Å². The first-order valence-corrected chi connectivity index (χ1v) is 7.37. The monoisotopic (exact) mass is 328 g/mol. The predicted octanol–water partition coefficient (Wildman–Crippen LogP) is 1.67. The average Bonchev–Trinajstić information content (AvgIpc) is 2.45. The van der Waals surface area contributed by atoms with Gasteiger partial charge in [-0.15, -0.1) is 0 Å². The number of carbonyl (C=O) groups excluding carboxylic acids is 2. The molecule has 0 fully saturated rings. The largest absolute Gasteiger partial charge is 0.396 e. The summed E-state index contributed by atoms with van der Waals surface area (Å²) in [5.74, 6) is -2.79. The van der Waals surface area contributed by atoms with Gasteiger partial charge in [0, 0.05) is 25.1 Å². The number of nitrogens with one attached hydrogen (secondary N) is 2. The lowest BCUT2D eigenvalue weighted by molar-refractivity contribution is -0.123. The summed E-state index contributed by atoms with van der Waals surface area (Å²) >= 11 is 0. The lowest BCUT2D eigenvalue weighted by atomic mass is 10.0. The van der Waals surface area contributed by atoms with Crippen molar-refractivity contribution >= 4 is 11.8 Å². The Balaban J connectivity index is 2.92. The zero-order valence-electron chi connectivity index (χ0n) is 13.4. The van der Waals surface area contributed by atoms with E-state index in [0.717, 1.165) is 12.1 Å². The average molecular weight is 328 g/mol. The van der Waals surface area contributed by atoms with Crippen LogP contribution >= 0.6 is 0 Å². The lowest BCUT2D eigenvalue weighted by Gasteiger charge is -2.23. The topological polar surface area (TPSA) is 78.4 Å². The summed E-state index contributed by atoms with van der Waals surface area (Å²) in [7, 11) is 0. The molecule has 0 aliphatic heterocycles. The summed E-state index contributed by atoms with van der Waals surface area (Å²) in [6.07, 6.45) is -0.306. The van der Waals surface area contributed by atoms with Gasteiger partial charge in [-0.25, -0.2) is 8.78 Å². The maximum Gasteiger partial charge on any atom is 0.222 e. The number of hydrogen-bond acceptors (Lipinski definition) is 3. The lowest BCUT2D eigenvalue weighted by Crippen LogP contribution is -2.40. The van der Waals surface area contributed by atoms with Crippen LogP contribution in [0.25, 0.3) is 0 Å². The summed E-state index contributed by atoms with van der Waals surface area (Å²) in [5, 5.41) is 14.1. The molecule has 7 heteroatoms. The Labute approximate surface area is 134 Å². The highest BCUT2D eigenvalue weighted by Crippen LogP contribution is 2.23. The van der Waals surface area contributed by atoms with Crippen LogP contribution in [-0.2, 0) is 9.59 Å². The Morgan fingerprint density at radius 2 is 1.74 bits per heavy atom. The first-order valence-electron chi connectivity index (χ1n) is 7.37. The van der Waals surface area contributed by atoms with Crippen LogP contribution in [0.2, 0.25) is 0 Å². The smallest absolute Gasteiger partial charge is 0.222 e. The fourth-order valence-corrected chi connectivity index (χ4v) is 2.11. The van der Waals surface area contributed by atoms with Crippen LogP contribution in [0.5, 0.6) is 0 Å². The van der Waals surface area contributed by atoms with Crippen LogP contribution in [0.15, 0.2) is 18.2 Å². The number of halogens is 2. The maximum absolute atomic E-state index is 13.9. The van der Waals surface area contributed by atoms with Crippen LogP contribution in [0.4, 0.5) is 8.78 Å². The molecule has 23 heavy (non-hydrogen) atoms.